The fourth-order valence-corrected chi connectivity index (χ4v) is 7.89. The molecule has 0 fully saturated rings. The number of carbonyl (C=O) groups is 1. The minimum atomic E-state index is -1.03. The highest BCUT2D eigenvalue weighted by molar-refractivity contribution is 6.20. The van der Waals surface area contributed by atoms with Crippen molar-refractivity contribution >= 4 is 47.8 Å². The molecule has 0 aliphatic carbocycles. The fourth-order valence-electron chi connectivity index (χ4n) is 7.89. The van der Waals surface area contributed by atoms with Crippen LogP contribution >= 0.6 is 0 Å². The molecule has 0 unspecified atom stereocenters. The van der Waals surface area contributed by atoms with E-state index in [1.54, 1.807) is 0 Å². The van der Waals surface area contributed by atoms with Crippen molar-refractivity contribution < 1.29 is 19.1 Å². The van der Waals surface area contributed by atoms with Crippen LogP contribution in [0.2, 0.25) is 0 Å². The molecule has 0 amide bonds. The smallest absolute Gasteiger partial charge is 0.550 e. The van der Waals surface area contributed by atoms with Gasteiger partial charge in [-0.25, -0.2) is 0 Å². The summed E-state index contributed by atoms with van der Waals surface area (Å²) in [7, 11) is 0. The number of aliphatic carboxylic acids is 1. The molecule has 2 aromatic heterocycles. The van der Waals surface area contributed by atoms with E-state index in [0.29, 0.717) is 6.42 Å². The first kappa shape index (κ1) is 22.5. The Balaban J connectivity index is 1.65. The Kier molecular flexibility index (Phi) is 3.90. The predicted octanol–water partition coefficient (Wildman–Crippen LogP) is 2.61. The third-order valence-corrected chi connectivity index (χ3v) is 9.81. The molecule has 0 radical (unpaired) electrons. The summed E-state index contributed by atoms with van der Waals surface area (Å²) >= 11 is 0. The number of carbonyl (C=O) groups excluding carboxylic acids is 1. The van der Waals surface area contributed by atoms with Crippen molar-refractivity contribution in [2.24, 2.45) is 0 Å². The molecule has 192 valence electrons. The third-order valence-electron chi connectivity index (χ3n) is 9.81. The molecule has 8 heterocycles. The molecule has 0 aromatic carbocycles. The highest BCUT2D eigenvalue weighted by atomic mass is 16.4. The molecule has 8 rings (SSSR count). The van der Waals surface area contributed by atoms with Crippen molar-refractivity contribution in [1.82, 2.24) is 9.13 Å². The van der Waals surface area contributed by atoms with Crippen molar-refractivity contribution in [1.29, 1.82) is 0 Å². The van der Waals surface area contributed by atoms with E-state index < -0.39 is 11.9 Å². The van der Waals surface area contributed by atoms with E-state index in [4.69, 9.17) is 0 Å². The molecule has 6 aliphatic rings. The van der Waals surface area contributed by atoms with Gasteiger partial charge in [-0.15, -0.1) is 0 Å². The van der Waals surface area contributed by atoms with Crippen molar-refractivity contribution in [2.45, 2.75) is 53.4 Å². The predicted molar refractivity (Wildman–Crippen MR) is 151 cm³/mol. The minimum Gasteiger partial charge on any atom is -0.550 e. The van der Waals surface area contributed by atoms with E-state index in [1.807, 2.05) is 12.2 Å². The lowest BCUT2D eigenvalue weighted by atomic mass is 9.98. The van der Waals surface area contributed by atoms with E-state index in [9.17, 15) is 9.90 Å². The molecule has 2 aromatic rings. The van der Waals surface area contributed by atoms with Crippen LogP contribution in [0.1, 0.15) is 67.3 Å². The summed E-state index contributed by atoms with van der Waals surface area (Å²) in [6, 6.07) is 0. The largest absolute Gasteiger partial charge is 0.553 e. The van der Waals surface area contributed by atoms with Crippen molar-refractivity contribution in [3.05, 3.63) is 97.3 Å². The Labute approximate surface area is 226 Å². The van der Waals surface area contributed by atoms with E-state index in [0.717, 1.165) is 55.8 Å². The average Bonchev–Trinajstić information content (AvgIpc) is 3.54. The molecular formula is C33H29N4O2+. The standard InChI is InChI=1S/C33H29N4O2/c1-8-21-18(5)26-12-24-16(3)17(4)25-13-31-23(10-11-32(38)39)20(7)28-15-30-22(9-2)19(6)27-14-29(21)35(26)33(34(24)25,36(27)30)37(28)31/h8-9,12-15H,1-2,10-11H2,3-7H3/q+1/t33-/m0/s1. The number of aromatic nitrogens is 2. The number of carboxylic acids is 1. The van der Waals surface area contributed by atoms with E-state index in [2.05, 4.69) is 90.4 Å². The van der Waals surface area contributed by atoms with E-state index in [-0.39, 0.29) is 6.42 Å². The molecule has 6 nitrogen and oxygen atoms in total. The number of allylic oxidation sites excluding steroid dienone is 5. The van der Waals surface area contributed by atoms with Crippen LogP contribution in [-0.4, -0.2) is 35.7 Å². The maximum absolute atomic E-state index is 11.6. The molecule has 6 aliphatic heterocycles. The number of rotatable bonds is 5. The van der Waals surface area contributed by atoms with Gasteiger partial charge in [0.2, 0.25) is 22.8 Å². The lowest BCUT2D eigenvalue weighted by Crippen LogP contribution is -2.70. The van der Waals surface area contributed by atoms with Gasteiger partial charge in [0, 0.05) is 51.5 Å². The Hall–Kier alpha value is -4.45. The van der Waals surface area contributed by atoms with Crippen LogP contribution in [0.5, 0.6) is 0 Å². The second-order valence-electron chi connectivity index (χ2n) is 11.3. The van der Waals surface area contributed by atoms with Gasteiger partial charge < -0.3 is 9.90 Å². The number of carboxylic acid groups (broad SMARTS) is 1. The van der Waals surface area contributed by atoms with Crippen LogP contribution in [0, 0.1) is 13.8 Å². The zero-order chi connectivity index (χ0) is 27.3. The van der Waals surface area contributed by atoms with Gasteiger partial charge in [0.25, 0.3) is 0 Å². The molecular weight excluding hydrogens is 484 g/mol. The van der Waals surface area contributed by atoms with Gasteiger partial charge in [-0.1, -0.05) is 34.5 Å². The summed E-state index contributed by atoms with van der Waals surface area (Å²) in [6.07, 6.45) is 13.5. The van der Waals surface area contributed by atoms with Gasteiger partial charge in [-0.3, -0.25) is 0 Å². The Morgan fingerprint density at radius 1 is 0.821 bits per heavy atom. The monoisotopic (exact) mass is 513 g/mol. The maximum atomic E-state index is 11.6. The highest BCUT2D eigenvalue weighted by Crippen LogP contribution is 2.51. The summed E-state index contributed by atoms with van der Waals surface area (Å²) in [6.45, 7) is 19.3. The van der Waals surface area contributed by atoms with Crippen LogP contribution in [0.25, 0.3) is 30.4 Å². The van der Waals surface area contributed by atoms with E-state index in [1.165, 1.54) is 33.7 Å². The Morgan fingerprint density at radius 3 is 2.21 bits per heavy atom. The summed E-state index contributed by atoms with van der Waals surface area (Å²) in [5.74, 6) is -1.81. The second-order valence-corrected chi connectivity index (χ2v) is 11.3. The average molecular weight is 514 g/mol. The fraction of sp³-hybridized carbons (Fsp3) is 0.242. The zero-order valence-electron chi connectivity index (χ0n) is 22.9. The molecule has 0 bridgehead atoms. The number of hydrogen-bond acceptors (Lipinski definition) is 2. The topological polar surface area (TPSA) is 56.0 Å². The summed E-state index contributed by atoms with van der Waals surface area (Å²) in [5, 5.41) is 13.9. The van der Waals surface area contributed by atoms with Gasteiger partial charge in [0.1, 0.15) is 0 Å². The zero-order valence-corrected chi connectivity index (χ0v) is 22.9. The first-order chi connectivity index (χ1) is 18.7. The summed E-state index contributed by atoms with van der Waals surface area (Å²) in [4.78, 5) is 11.6. The summed E-state index contributed by atoms with van der Waals surface area (Å²) in [5.41, 5.74) is 16.1. The van der Waals surface area contributed by atoms with Crippen molar-refractivity contribution in [2.75, 3.05) is 0 Å². The SMILES string of the molecule is C=Cc1c(C)c2n3c1C=c1c(C)c(C=C)c4n1[C@]31[N+]3=C(C=C5C(CCC(=O)[O-])=C(C)C(=[N+]51)C=4)C(C)=C(C)C3=C2. The van der Waals surface area contributed by atoms with Gasteiger partial charge in [-0.2, -0.15) is 9.13 Å². The first-order valence-electron chi connectivity index (χ1n) is 13.5. The van der Waals surface area contributed by atoms with Crippen LogP contribution in [0.3, 0.4) is 0 Å². The van der Waals surface area contributed by atoms with Gasteiger partial charge >= 0.3 is 5.91 Å². The Bertz CT molecular complexity index is 2060. The summed E-state index contributed by atoms with van der Waals surface area (Å²) < 4.78 is 9.90. The minimum absolute atomic E-state index is 0.0156. The van der Waals surface area contributed by atoms with Crippen LogP contribution < -0.4 is 15.8 Å². The van der Waals surface area contributed by atoms with Gasteiger partial charge in [0.05, 0.1) is 28.2 Å². The van der Waals surface area contributed by atoms with Crippen molar-refractivity contribution in [3.63, 3.8) is 0 Å². The van der Waals surface area contributed by atoms with Crippen molar-refractivity contribution in [3.8, 4) is 0 Å². The van der Waals surface area contributed by atoms with E-state index >= 15 is 0 Å². The Morgan fingerprint density at radius 2 is 1.51 bits per heavy atom. The molecule has 0 N–H and O–H groups in total. The second kappa shape index (κ2) is 6.75. The molecule has 1 spiro atoms. The highest BCUT2D eigenvalue weighted by Gasteiger charge is 2.72. The van der Waals surface area contributed by atoms with Gasteiger partial charge in [-0.05, 0) is 64.7 Å². The number of hydrogen-bond donors (Lipinski definition) is 0. The van der Waals surface area contributed by atoms with Gasteiger partial charge in [0.15, 0.2) is 0 Å². The lowest BCUT2D eigenvalue weighted by Gasteiger charge is -2.38. The molecule has 0 saturated heterocycles. The number of nitrogens with zero attached hydrogens (tertiary/aromatic N) is 4. The quantitative estimate of drug-likeness (QED) is 0.578. The molecule has 0 saturated carbocycles. The molecule has 39 heavy (non-hydrogen) atoms. The van der Waals surface area contributed by atoms with Crippen LogP contribution in [0.15, 0.2) is 52.9 Å². The van der Waals surface area contributed by atoms with Crippen LogP contribution in [-0.2, 0) is 10.7 Å². The molecule has 1 atom stereocenters. The molecule has 6 heteroatoms. The lowest BCUT2D eigenvalue weighted by molar-refractivity contribution is -0.837. The maximum Gasteiger partial charge on any atom is 0.553 e. The first-order valence-corrected chi connectivity index (χ1v) is 13.5. The third kappa shape index (κ3) is 2.15. The van der Waals surface area contributed by atoms with Crippen LogP contribution in [0.4, 0.5) is 0 Å². The normalized spacial score (nSPS) is 22.5.